The number of benzene rings is 5. The van der Waals surface area contributed by atoms with E-state index in [1.807, 2.05) is 0 Å². The van der Waals surface area contributed by atoms with E-state index in [1.54, 1.807) is 0 Å². The molecule has 0 saturated heterocycles. The van der Waals surface area contributed by atoms with Crippen molar-refractivity contribution in [2.75, 3.05) is 14.2 Å². The summed E-state index contributed by atoms with van der Waals surface area (Å²) in [6, 6.07) is 22.9. The molecule has 278 valence electrons. The second kappa shape index (κ2) is 14.4. The molecule has 0 radical (unpaired) electrons. The lowest BCUT2D eigenvalue weighted by molar-refractivity contribution is 0.0646. The molecule has 0 spiro atoms. The maximum atomic E-state index is 12.9. The highest BCUT2D eigenvalue weighted by atomic mass is 16.6. The van der Waals surface area contributed by atoms with Gasteiger partial charge in [-0.25, -0.2) is 30.0 Å². The topological polar surface area (TPSA) is 215 Å². The van der Waals surface area contributed by atoms with Crippen molar-refractivity contribution < 1.29 is 62.0 Å². The third kappa shape index (κ3) is 6.81. The molecule has 0 fully saturated rings. The predicted molar refractivity (Wildman–Crippen MR) is 190 cm³/mol. The molecular weight excluding hydrogens is 730 g/mol. The fourth-order valence-electron chi connectivity index (χ4n) is 5.65. The van der Waals surface area contributed by atoms with Gasteiger partial charge in [0.15, 0.2) is 11.5 Å². The number of hydrazine groups is 1. The van der Waals surface area contributed by atoms with Crippen molar-refractivity contribution in [2.45, 2.75) is 0 Å². The number of esters is 4. The van der Waals surface area contributed by atoms with Gasteiger partial charge in [0, 0.05) is 13.1 Å². The number of carbonyl (C=O) groups excluding carboxylic acids is 8. The molecule has 16 nitrogen and oxygen atoms in total. The van der Waals surface area contributed by atoms with Gasteiger partial charge in [-0.3, -0.25) is 24.1 Å². The molecule has 2 aliphatic rings. The van der Waals surface area contributed by atoms with Crippen molar-refractivity contribution in [1.29, 1.82) is 0 Å². The normalized spacial score (nSPS) is 12.9. The third-order valence-corrected chi connectivity index (χ3v) is 8.63. The fourth-order valence-corrected chi connectivity index (χ4v) is 5.65. The Morgan fingerprint density at radius 1 is 0.446 bits per heavy atom. The summed E-state index contributed by atoms with van der Waals surface area (Å²) < 4.78 is 27.0. The van der Waals surface area contributed by atoms with E-state index in [9.17, 15) is 38.4 Å². The molecule has 0 bridgehead atoms. The van der Waals surface area contributed by atoms with Crippen LogP contribution in [0.5, 0.6) is 28.7 Å². The van der Waals surface area contributed by atoms with Gasteiger partial charge in [0.2, 0.25) is 0 Å². The van der Waals surface area contributed by atoms with Gasteiger partial charge in [0.25, 0.3) is 23.6 Å². The Morgan fingerprint density at radius 2 is 0.839 bits per heavy atom. The van der Waals surface area contributed by atoms with Crippen molar-refractivity contribution in [3.05, 3.63) is 148 Å². The summed E-state index contributed by atoms with van der Waals surface area (Å²) in [5, 5.41) is 0.457. The van der Waals surface area contributed by atoms with Crippen LogP contribution in [0.4, 0.5) is 0 Å². The van der Waals surface area contributed by atoms with E-state index in [0.29, 0.717) is 5.01 Å². The summed E-state index contributed by atoms with van der Waals surface area (Å²) >= 11 is 0. The molecule has 5 aromatic carbocycles. The molecule has 2 N–H and O–H groups in total. The lowest BCUT2D eigenvalue weighted by Gasteiger charge is -2.12. The van der Waals surface area contributed by atoms with Gasteiger partial charge >= 0.3 is 23.9 Å². The zero-order valence-corrected chi connectivity index (χ0v) is 29.1. The highest BCUT2D eigenvalue weighted by molar-refractivity contribution is 6.22. The molecule has 0 saturated carbocycles. The van der Waals surface area contributed by atoms with Crippen LogP contribution >= 0.6 is 0 Å². The van der Waals surface area contributed by atoms with Crippen LogP contribution in [-0.2, 0) is 0 Å². The molecule has 4 amide bonds. The van der Waals surface area contributed by atoms with Gasteiger partial charge in [0.1, 0.15) is 17.2 Å². The lowest BCUT2D eigenvalue weighted by Crippen LogP contribution is -2.36. The van der Waals surface area contributed by atoms with Crippen LogP contribution in [0, 0.1) is 0 Å². The van der Waals surface area contributed by atoms with Gasteiger partial charge in [-0.05, 0) is 97.1 Å². The Bertz CT molecular complexity index is 2550. The largest absolute Gasteiger partial charge is 0.493 e. The van der Waals surface area contributed by atoms with Crippen LogP contribution in [-0.4, -0.2) is 71.6 Å². The van der Waals surface area contributed by atoms with Crippen molar-refractivity contribution in [3.63, 3.8) is 0 Å². The standard InChI is InChI=1S/C40H25N3O13/c1-42-33(44)27-14-7-22(17-29(27)34(42)45)39(50)53-24-9-3-20(4-10-24)37(48)55-26-13-16-31(32(19-26)52-2)56-38(49)21-5-11-25(12-6-21)54-40(51)23-8-15-28-30(18-23)36(47)43(41)35(28)46/h3-19H,41H2,1-2H3. The van der Waals surface area contributed by atoms with Crippen molar-refractivity contribution in [1.82, 2.24) is 9.91 Å². The highest BCUT2D eigenvalue weighted by Crippen LogP contribution is 2.33. The number of methoxy groups -OCH3 is 1. The Kier molecular flexibility index (Phi) is 9.39. The van der Waals surface area contributed by atoms with Crippen LogP contribution in [0.2, 0.25) is 0 Å². The van der Waals surface area contributed by atoms with E-state index in [0.717, 1.165) is 4.90 Å². The highest BCUT2D eigenvalue weighted by Gasteiger charge is 2.35. The van der Waals surface area contributed by atoms with E-state index in [1.165, 1.54) is 117 Å². The minimum atomic E-state index is -0.816. The van der Waals surface area contributed by atoms with Gasteiger partial charge in [-0.15, -0.1) is 0 Å². The van der Waals surface area contributed by atoms with Gasteiger partial charge in [-0.1, -0.05) is 0 Å². The Hall–Kier alpha value is -7.98. The number of amides is 4. The summed E-state index contributed by atoms with van der Waals surface area (Å²) in [5.74, 6) is 0.199. The maximum Gasteiger partial charge on any atom is 0.343 e. The molecule has 56 heavy (non-hydrogen) atoms. The second-order valence-corrected chi connectivity index (χ2v) is 12.1. The molecular formula is C40H25N3O13. The first-order chi connectivity index (χ1) is 26.8. The van der Waals surface area contributed by atoms with E-state index >= 15 is 0 Å². The van der Waals surface area contributed by atoms with E-state index in [4.69, 9.17) is 29.5 Å². The summed E-state index contributed by atoms with van der Waals surface area (Å²) in [6.45, 7) is 0. The Morgan fingerprint density at radius 3 is 1.38 bits per heavy atom. The minimum Gasteiger partial charge on any atom is -0.493 e. The van der Waals surface area contributed by atoms with Gasteiger partial charge < -0.3 is 23.7 Å². The van der Waals surface area contributed by atoms with E-state index in [-0.39, 0.29) is 73.3 Å². The van der Waals surface area contributed by atoms with Crippen LogP contribution in [0.25, 0.3) is 0 Å². The molecule has 2 heterocycles. The first kappa shape index (κ1) is 36.4. The number of hydrogen-bond donors (Lipinski definition) is 1. The van der Waals surface area contributed by atoms with Crippen LogP contribution in [0.3, 0.4) is 0 Å². The number of imide groups is 2. The quantitative estimate of drug-likeness (QED) is 0.0732. The Balaban J connectivity index is 0.937. The summed E-state index contributed by atoms with van der Waals surface area (Å²) in [6.07, 6.45) is 0. The number of nitrogens with zero attached hydrogens (tertiary/aromatic N) is 2. The number of ether oxygens (including phenoxy) is 5. The first-order valence-corrected chi connectivity index (χ1v) is 16.3. The second-order valence-electron chi connectivity index (χ2n) is 12.1. The van der Waals surface area contributed by atoms with Gasteiger partial charge in [0.05, 0.1) is 51.6 Å². The van der Waals surface area contributed by atoms with Crippen molar-refractivity contribution >= 4 is 47.5 Å². The number of hydrogen-bond acceptors (Lipinski definition) is 14. The van der Waals surface area contributed by atoms with Crippen molar-refractivity contribution in [2.24, 2.45) is 5.84 Å². The molecule has 5 aromatic rings. The summed E-state index contributed by atoms with van der Waals surface area (Å²) in [4.78, 5) is 101. The third-order valence-electron chi connectivity index (χ3n) is 8.63. The number of fused-ring (bicyclic) bond motifs is 2. The number of carbonyl (C=O) groups is 8. The fraction of sp³-hybridized carbons (Fsp3) is 0.0500. The number of rotatable bonds is 9. The zero-order valence-electron chi connectivity index (χ0n) is 29.1. The van der Waals surface area contributed by atoms with Gasteiger partial charge in [-0.2, -0.15) is 0 Å². The molecule has 0 aromatic heterocycles. The van der Waals surface area contributed by atoms with E-state index < -0.39 is 47.5 Å². The average molecular weight is 756 g/mol. The van der Waals surface area contributed by atoms with Crippen molar-refractivity contribution in [3.8, 4) is 28.7 Å². The Labute approximate surface area is 315 Å². The smallest absolute Gasteiger partial charge is 0.343 e. The van der Waals surface area contributed by atoms with Crippen LogP contribution in [0.15, 0.2) is 103 Å². The number of nitrogens with two attached hydrogens (primary N) is 1. The molecule has 16 heteroatoms. The molecule has 0 unspecified atom stereocenters. The summed E-state index contributed by atoms with van der Waals surface area (Å²) in [7, 11) is 2.67. The predicted octanol–water partition coefficient (Wildman–Crippen LogP) is 4.27. The minimum absolute atomic E-state index is 0.00314. The zero-order chi connectivity index (χ0) is 39.8. The molecule has 0 aliphatic carbocycles. The molecule has 7 rings (SSSR count). The van der Waals surface area contributed by atoms with Crippen LogP contribution < -0.4 is 29.5 Å². The van der Waals surface area contributed by atoms with Crippen LogP contribution in [0.1, 0.15) is 82.9 Å². The maximum absolute atomic E-state index is 12.9. The van der Waals surface area contributed by atoms with E-state index in [2.05, 4.69) is 0 Å². The summed E-state index contributed by atoms with van der Waals surface area (Å²) in [5.41, 5.74) is 0.596. The lowest BCUT2D eigenvalue weighted by atomic mass is 10.1. The molecule has 0 atom stereocenters. The average Bonchev–Trinajstić information content (AvgIpc) is 3.56. The first-order valence-electron chi connectivity index (χ1n) is 16.3. The monoisotopic (exact) mass is 755 g/mol. The molecule has 2 aliphatic heterocycles. The SMILES string of the molecule is COc1cc(OC(=O)c2ccc(OC(=O)c3ccc4c(c3)C(=O)N(C)C4=O)cc2)ccc1OC(=O)c1ccc(OC(=O)c2ccc3c(c2)C(=O)N(N)C3=O)cc1.